The summed E-state index contributed by atoms with van der Waals surface area (Å²) in [6, 6.07) is 20.6. The summed E-state index contributed by atoms with van der Waals surface area (Å²) < 4.78 is 47.4. The molecule has 0 fully saturated rings. The van der Waals surface area contributed by atoms with Crippen LogP contribution in [0, 0.1) is 6.92 Å². The summed E-state index contributed by atoms with van der Waals surface area (Å²) in [5.41, 5.74) is 0.289. The summed E-state index contributed by atoms with van der Waals surface area (Å²) in [7, 11) is 0. The van der Waals surface area contributed by atoms with Gasteiger partial charge in [0, 0.05) is 6.07 Å². The van der Waals surface area contributed by atoms with Crippen LogP contribution in [0.5, 0.6) is 11.5 Å². The van der Waals surface area contributed by atoms with Gasteiger partial charge in [0.1, 0.15) is 22.8 Å². The van der Waals surface area contributed by atoms with E-state index in [0.29, 0.717) is 28.5 Å². The minimum Gasteiger partial charge on any atom is -0.457 e. The molecule has 0 saturated heterocycles. The maximum Gasteiger partial charge on any atom is 0.418 e. The monoisotopic (exact) mass is 368 g/mol. The van der Waals surface area contributed by atoms with Crippen LogP contribution in [0.1, 0.15) is 11.4 Å². The average Bonchev–Trinajstić information content (AvgIpc) is 2.97. The fourth-order valence-corrected chi connectivity index (χ4v) is 3.08. The molecule has 4 rings (SSSR count). The van der Waals surface area contributed by atoms with Crippen molar-refractivity contribution in [1.29, 1.82) is 0 Å². The van der Waals surface area contributed by atoms with E-state index in [-0.39, 0.29) is 5.52 Å². The Kier molecular flexibility index (Phi) is 4.11. The van der Waals surface area contributed by atoms with Gasteiger partial charge in [-0.25, -0.2) is 4.98 Å². The molecule has 0 aliphatic carbocycles. The van der Waals surface area contributed by atoms with Gasteiger partial charge in [0.15, 0.2) is 0 Å². The van der Waals surface area contributed by atoms with Crippen molar-refractivity contribution < 1.29 is 17.9 Å². The van der Waals surface area contributed by atoms with Crippen molar-refractivity contribution in [3.05, 3.63) is 84.2 Å². The number of benzene rings is 3. The van der Waals surface area contributed by atoms with Crippen LogP contribution in [0.2, 0.25) is 0 Å². The second-order valence-electron chi connectivity index (χ2n) is 6.08. The van der Waals surface area contributed by atoms with Crippen LogP contribution in [-0.2, 0) is 6.18 Å². The maximum absolute atomic E-state index is 13.3. The smallest absolute Gasteiger partial charge is 0.418 e. The molecule has 0 saturated carbocycles. The zero-order valence-electron chi connectivity index (χ0n) is 14.4. The van der Waals surface area contributed by atoms with Crippen molar-refractivity contribution >= 4 is 11.0 Å². The predicted octanol–water partition coefficient (Wildman–Crippen LogP) is 6.15. The van der Waals surface area contributed by atoms with Crippen molar-refractivity contribution in [2.75, 3.05) is 0 Å². The Hall–Kier alpha value is -3.28. The number of alkyl halides is 3. The lowest BCUT2D eigenvalue weighted by atomic mass is 10.1. The normalized spacial score (nSPS) is 11.7. The van der Waals surface area contributed by atoms with Gasteiger partial charge in [0.05, 0.1) is 16.8 Å². The van der Waals surface area contributed by atoms with Crippen molar-refractivity contribution in [2.45, 2.75) is 13.1 Å². The van der Waals surface area contributed by atoms with E-state index >= 15 is 0 Å². The number of aromatic nitrogens is 2. The molecule has 0 N–H and O–H groups in total. The van der Waals surface area contributed by atoms with E-state index < -0.39 is 11.7 Å². The van der Waals surface area contributed by atoms with E-state index in [0.717, 1.165) is 6.07 Å². The molecule has 1 aromatic heterocycles. The first-order valence-electron chi connectivity index (χ1n) is 8.32. The quantitative estimate of drug-likeness (QED) is 0.434. The van der Waals surface area contributed by atoms with Crippen LogP contribution in [0.3, 0.4) is 0 Å². The summed E-state index contributed by atoms with van der Waals surface area (Å²) >= 11 is 0. The van der Waals surface area contributed by atoms with Crippen molar-refractivity contribution in [2.24, 2.45) is 0 Å². The second-order valence-corrected chi connectivity index (χ2v) is 6.08. The van der Waals surface area contributed by atoms with E-state index in [1.165, 1.54) is 6.07 Å². The van der Waals surface area contributed by atoms with Crippen LogP contribution in [0.4, 0.5) is 13.2 Å². The SMILES string of the molecule is Cc1nc2c(C(F)(F)F)cccc2n1-c1cccc(Oc2ccccc2)c1. The zero-order chi connectivity index (χ0) is 19.0. The number of ether oxygens (including phenoxy) is 1. The molecule has 0 amide bonds. The fraction of sp³-hybridized carbons (Fsp3) is 0.0952. The number of hydrogen-bond donors (Lipinski definition) is 0. The highest BCUT2D eigenvalue weighted by atomic mass is 19.4. The Balaban J connectivity index is 1.81. The Morgan fingerprint density at radius 2 is 1.56 bits per heavy atom. The molecule has 0 aliphatic rings. The van der Waals surface area contributed by atoms with Crippen LogP contribution in [-0.4, -0.2) is 9.55 Å². The molecule has 3 aromatic carbocycles. The molecule has 4 aromatic rings. The molecule has 0 atom stereocenters. The van der Waals surface area contributed by atoms with E-state index in [1.54, 1.807) is 35.8 Å². The number of para-hydroxylation sites is 2. The molecule has 1 heterocycles. The molecule has 0 bridgehead atoms. The molecule has 136 valence electrons. The van der Waals surface area contributed by atoms with Gasteiger partial charge in [-0.1, -0.05) is 30.3 Å². The maximum atomic E-state index is 13.3. The lowest BCUT2D eigenvalue weighted by Gasteiger charge is -2.11. The Labute approximate surface area is 153 Å². The van der Waals surface area contributed by atoms with Crippen molar-refractivity contribution in [3.63, 3.8) is 0 Å². The number of rotatable bonds is 3. The first-order chi connectivity index (χ1) is 12.9. The summed E-state index contributed by atoms with van der Waals surface area (Å²) in [5, 5.41) is 0. The molecule has 3 nitrogen and oxygen atoms in total. The van der Waals surface area contributed by atoms with Crippen LogP contribution in [0.15, 0.2) is 72.8 Å². The van der Waals surface area contributed by atoms with Crippen LogP contribution >= 0.6 is 0 Å². The molecule has 0 unspecified atom stereocenters. The lowest BCUT2D eigenvalue weighted by Crippen LogP contribution is -2.05. The average molecular weight is 368 g/mol. The number of hydrogen-bond acceptors (Lipinski definition) is 2. The number of imidazole rings is 1. The highest BCUT2D eigenvalue weighted by molar-refractivity contribution is 5.82. The van der Waals surface area contributed by atoms with E-state index in [4.69, 9.17) is 4.74 Å². The molecular weight excluding hydrogens is 353 g/mol. The molecule has 27 heavy (non-hydrogen) atoms. The summed E-state index contributed by atoms with van der Waals surface area (Å²) in [5.74, 6) is 1.74. The van der Waals surface area contributed by atoms with Gasteiger partial charge in [-0.2, -0.15) is 13.2 Å². The van der Waals surface area contributed by atoms with E-state index in [9.17, 15) is 13.2 Å². The van der Waals surface area contributed by atoms with Crippen molar-refractivity contribution in [3.8, 4) is 17.2 Å². The van der Waals surface area contributed by atoms with Gasteiger partial charge in [0.25, 0.3) is 0 Å². The molecule has 0 aliphatic heterocycles. The van der Waals surface area contributed by atoms with E-state index in [1.807, 2.05) is 36.4 Å². The fourth-order valence-electron chi connectivity index (χ4n) is 3.08. The summed E-state index contributed by atoms with van der Waals surface area (Å²) in [4.78, 5) is 4.17. The standard InChI is InChI=1S/C21H15F3N2O/c1-14-25-20-18(21(22,23)24)11-6-12-19(20)26(14)15-7-5-10-17(13-15)27-16-8-3-2-4-9-16/h2-13H,1H3. The minimum atomic E-state index is -4.45. The molecule has 0 radical (unpaired) electrons. The van der Waals surface area contributed by atoms with Crippen LogP contribution in [0.25, 0.3) is 16.7 Å². The first-order valence-corrected chi connectivity index (χ1v) is 8.32. The predicted molar refractivity (Wildman–Crippen MR) is 97.3 cm³/mol. The molecular formula is C21H15F3N2O. The highest BCUT2D eigenvalue weighted by Crippen LogP contribution is 2.35. The minimum absolute atomic E-state index is 0.0584. The molecule has 6 heteroatoms. The van der Waals surface area contributed by atoms with Crippen molar-refractivity contribution in [1.82, 2.24) is 9.55 Å². The van der Waals surface area contributed by atoms with Gasteiger partial charge in [-0.3, -0.25) is 4.57 Å². The third-order valence-corrected chi connectivity index (χ3v) is 4.21. The highest BCUT2D eigenvalue weighted by Gasteiger charge is 2.34. The number of aryl methyl sites for hydroxylation is 1. The number of halogens is 3. The van der Waals surface area contributed by atoms with E-state index in [2.05, 4.69) is 4.98 Å². The number of nitrogens with zero attached hydrogens (tertiary/aromatic N) is 2. The topological polar surface area (TPSA) is 27.1 Å². The third-order valence-electron chi connectivity index (χ3n) is 4.21. The van der Waals surface area contributed by atoms with Gasteiger partial charge in [-0.05, 0) is 43.3 Å². The summed E-state index contributed by atoms with van der Waals surface area (Å²) in [6.07, 6.45) is -4.45. The van der Waals surface area contributed by atoms with Gasteiger partial charge in [-0.15, -0.1) is 0 Å². The van der Waals surface area contributed by atoms with Gasteiger partial charge < -0.3 is 4.74 Å². The Morgan fingerprint density at radius 1 is 0.852 bits per heavy atom. The largest absolute Gasteiger partial charge is 0.457 e. The zero-order valence-corrected chi connectivity index (χ0v) is 14.4. The first kappa shape index (κ1) is 17.1. The number of fused-ring (bicyclic) bond motifs is 1. The van der Waals surface area contributed by atoms with Gasteiger partial charge >= 0.3 is 6.18 Å². The third kappa shape index (κ3) is 3.26. The Morgan fingerprint density at radius 3 is 2.30 bits per heavy atom. The Bertz CT molecular complexity index is 1100. The second kappa shape index (κ2) is 6.46. The van der Waals surface area contributed by atoms with Gasteiger partial charge in [0.2, 0.25) is 0 Å². The lowest BCUT2D eigenvalue weighted by molar-refractivity contribution is -0.136. The summed E-state index contributed by atoms with van der Waals surface area (Å²) in [6.45, 7) is 1.69. The molecule has 0 spiro atoms. The van der Waals surface area contributed by atoms with Crippen LogP contribution < -0.4 is 4.74 Å².